The van der Waals surface area contributed by atoms with Gasteiger partial charge in [-0.1, -0.05) is 27.7 Å². The molecule has 0 fully saturated rings. The Morgan fingerprint density at radius 2 is 2.00 bits per heavy atom. The smallest absolute Gasteiger partial charge is 0.318 e. The van der Waals surface area contributed by atoms with Gasteiger partial charge in [-0.2, -0.15) is 0 Å². The molecule has 5 nitrogen and oxygen atoms in total. The van der Waals surface area contributed by atoms with Gasteiger partial charge in [0, 0.05) is 18.3 Å². The molecule has 1 heterocycles. The summed E-state index contributed by atoms with van der Waals surface area (Å²) in [6, 6.07) is -1.01. The number of thiazole rings is 1. The van der Waals surface area contributed by atoms with Crippen LogP contribution in [0, 0.1) is 5.92 Å². The molecule has 7 heteroatoms. The van der Waals surface area contributed by atoms with Crippen molar-refractivity contribution in [3.63, 3.8) is 0 Å². The SMILES string of the molecule is CC(C)c1nc(CN(C)C(=O)N[C@H](C(=O)Cl)C(C)C)cs1. The molecule has 0 saturated carbocycles. The first-order chi connectivity index (χ1) is 9.72. The van der Waals surface area contributed by atoms with Crippen LogP contribution >= 0.6 is 22.9 Å². The molecule has 0 aromatic carbocycles. The summed E-state index contributed by atoms with van der Waals surface area (Å²) in [5.74, 6) is 0.321. The number of amides is 2. The van der Waals surface area contributed by atoms with Crippen molar-refractivity contribution >= 4 is 34.2 Å². The van der Waals surface area contributed by atoms with Crippen LogP contribution in [0.15, 0.2) is 5.38 Å². The molecule has 0 saturated heterocycles. The fourth-order valence-electron chi connectivity index (χ4n) is 1.70. The molecule has 0 bridgehead atoms. The zero-order valence-corrected chi connectivity index (χ0v) is 14.6. The Morgan fingerprint density at radius 3 is 2.43 bits per heavy atom. The molecular formula is C14H22ClN3O2S. The summed E-state index contributed by atoms with van der Waals surface area (Å²) in [4.78, 5) is 29.4. The predicted molar refractivity (Wildman–Crippen MR) is 85.7 cm³/mol. The van der Waals surface area contributed by atoms with E-state index in [-0.39, 0.29) is 11.9 Å². The molecule has 118 valence electrons. The molecular weight excluding hydrogens is 310 g/mol. The molecule has 2 amide bonds. The minimum atomic E-state index is -0.678. The zero-order chi connectivity index (χ0) is 16.2. The molecule has 0 aliphatic rings. The monoisotopic (exact) mass is 331 g/mol. The Kier molecular flexibility index (Phi) is 6.61. The third-order valence-corrected chi connectivity index (χ3v) is 4.43. The van der Waals surface area contributed by atoms with Gasteiger partial charge in [0.05, 0.1) is 17.2 Å². The van der Waals surface area contributed by atoms with Crippen LogP contribution < -0.4 is 5.32 Å². The van der Waals surface area contributed by atoms with E-state index >= 15 is 0 Å². The number of halogens is 1. The molecule has 0 aliphatic carbocycles. The highest BCUT2D eigenvalue weighted by atomic mass is 35.5. The van der Waals surface area contributed by atoms with E-state index in [0.717, 1.165) is 10.7 Å². The van der Waals surface area contributed by atoms with Crippen molar-refractivity contribution in [2.75, 3.05) is 7.05 Å². The van der Waals surface area contributed by atoms with Crippen molar-refractivity contribution in [1.82, 2.24) is 15.2 Å². The van der Waals surface area contributed by atoms with Gasteiger partial charge in [0.2, 0.25) is 5.24 Å². The number of nitrogens with zero attached hydrogens (tertiary/aromatic N) is 2. The molecule has 0 spiro atoms. The molecule has 1 aromatic heterocycles. The second kappa shape index (κ2) is 7.75. The fourth-order valence-corrected chi connectivity index (χ4v) is 2.84. The molecule has 0 aliphatic heterocycles. The molecule has 0 radical (unpaired) electrons. The third kappa shape index (κ3) is 5.28. The first-order valence-electron chi connectivity index (χ1n) is 6.87. The lowest BCUT2D eigenvalue weighted by atomic mass is 10.1. The van der Waals surface area contributed by atoms with E-state index in [1.165, 1.54) is 4.90 Å². The van der Waals surface area contributed by atoms with Crippen molar-refractivity contribution < 1.29 is 9.59 Å². The molecule has 1 N–H and O–H groups in total. The first kappa shape index (κ1) is 17.9. The number of aromatic nitrogens is 1. The maximum Gasteiger partial charge on any atom is 0.318 e. The summed E-state index contributed by atoms with van der Waals surface area (Å²) in [5, 5.41) is 5.09. The Morgan fingerprint density at radius 1 is 1.38 bits per heavy atom. The van der Waals surface area contributed by atoms with Gasteiger partial charge in [0.25, 0.3) is 0 Å². The lowest BCUT2D eigenvalue weighted by Crippen LogP contribution is -2.47. The van der Waals surface area contributed by atoms with E-state index in [9.17, 15) is 9.59 Å². The van der Waals surface area contributed by atoms with Crippen molar-refractivity contribution in [2.24, 2.45) is 5.92 Å². The highest BCUT2D eigenvalue weighted by Gasteiger charge is 2.24. The van der Waals surface area contributed by atoms with Gasteiger partial charge >= 0.3 is 6.03 Å². The van der Waals surface area contributed by atoms with Gasteiger partial charge in [-0.05, 0) is 17.5 Å². The predicted octanol–water partition coefficient (Wildman–Crippen LogP) is 3.20. The van der Waals surface area contributed by atoms with Crippen LogP contribution in [0.3, 0.4) is 0 Å². The zero-order valence-electron chi connectivity index (χ0n) is 13.0. The van der Waals surface area contributed by atoms with Crippen molar-refractivity contribution in [3.05, 3.63) is 16.1 Å². The van der Waals surface area contributed by atoms with Crippen molar-refractivity contribution in [1.29, 1.82) is 0 Å². The van der Waals surface area contributed by atoms with Crippen LogP contribution in [0.5, 0.6) is 0 Å². The van der Waals surface area contributed by atoms with Gasteiger partial charge in [0.15, 0.2) is 0 Å². The topological polar surface area (TPSA) is 62.3 Å². The van der Waals surface area contributed by atoms with Crippen LogP contribution in [0.1, 0.15) is 44.3 Å². The standard InChI is InChI=1S/C14H22ClN3O2S/c1-8(2)11(12(15)19)17-14(20)18(5)6-10-7-21-13(16-10)9(3)4/h7-9,11H,6H2,1-5H3,(H,17,20)/t11-/m0/s1. The molecule has 1 aromatic rings. The van der Waals surface area contributed by atoms with Crippen LogP contribution in [-0.2, 0) is 11.3 Å². The minimum Gasteiger partial charge on any atom is -0.327 e. The number of nitrogens with one attached hydrogen (secondary N) is 1. The maximum absolute atomic E-state index is 12.1. The van der Waals surface area contributed by atoms with E-state index in [0.29, 0.717) is 12.5 Å². The van der Waals surface area contributed by atoms with E-state index in [1.807, 2.05) is 19.2 Å². The number of carbonyl (C=O) groups is 2. The number of hydrogen-bond donors (Lipinski definition) is 1. The van der Waals surface area contributed by atoms with Gasteiger partial charge in [-0.25, -0.2) is 9.78 Å². The normalized spacial score (nSPS) is 12.6. The van der Waals surface area contributed by atoms with E-state index < -0.39 is 11.3 Å². The van der Waals surface area contributed by atoms with Crippen LogP contribution in [0.4, 0.5) is 4.79 Å². The first-order valence-corrected chi connectivity index (χ1v) is 8.13. The summed E-state index contributed by atoms with van der Waals surface area (Å²) in [7, 11) is 1.67. The lowest BCUT2D eigenvalue weighted by Gasteiger charge is -2.23. The Labute approximate surface area is 134 Å². The summed E-state index contributed by atoms with van der Waals surface area (Å²) in [6.07, 6.45) is 0. The minimum absolute atomic E-state index is 0.0563. The fraction of sp³-hybridized carbons (Fsp3) is 0.643. The Hall–Kier alpha value is -1.14. The number of urea groups is 1. The number of hydrogen-bond acceptors (Lipinski definition) is 4. The lowest BCUT2D eigenvalue weighted by molar-refractivity contribution is -0.114. The second-order valence-electron chi connectivity index (χ2n) is 5.66. The summed E-state index contributed by atoms with van der Waals surface area (Å²) >= 11 is 7.09. The van der Waals surface area contributed by atoms with Crippen LogP contribution in [-0.4, -0.2) is 34.2 Å². The second-order valence-corrected chi connectivity index (χ2v) is 6.93. The molecule has 0 unspecified atom stereocenters. The van der Waals surface area contributed by atoms with Crippen LogP contribution in [0.25, 0.3) is 0 Å². The molecule has 1 atom stereocenters. The van der Waals surface area contributed by atoms with E-state index in [1.54, 1.807) is 18.4 Å². The Bertz CT molecular complexity index is 502. The number of rotatable bonds is 6. The molecule has 21 heavy (non-hydrogen) atoms. The van der Waals surface area contributed by atoms with E-state index in [2.05, 4.69) is 24.1 Å². The summed E-state index contributed by atoms with van der Waals surface area (Å²) in [5.41, 5.74) is 0.847. The molecule has 1 rings (SSSR count). The summed E-state index contributed by atoms with van der Waals surface area (Å²) in [6.45, 7) is 8.23. The van der Waals surface area contributed by atoms with E-state index in [4.69, 9.17) is 11.6 Å². The quantitative estimate of drug-likeness (QED) is 0.814. The highest BCUT2D eigenvalue weighted by Crippen LogP contribution is 2.19. The van der Waals surface area contributed by atoms with Crippen molar-refractivity contribution in [3.8, 4) is 0 Å². The average Bonchev–Trinajstić information content (AvgIpc) is 2.83. The van der Waals surface area contributed by atoms with Gasteiger partial charge in [-0.3, -0.25) is 4.79 Å². The van der Waals surface area contributed by atoms with Crippen LogP contribution in [0.2, 0.25) is 0 Å². The highest BCUT2D eigenvalue weighted by molar-refractivity contribution is 7.09. The number of carbonyl (C=O) groups excluding carboxylic acids is 2. The van der Waals surface area contributed by atoms with Gasteiger partial charge in [-0.15, -0.1) is 11.3 Å². The Balaban J connectivity index is 2.63. The third-order valence-electron chi connectivity index (χ3n) is 3.00. The van der Waals surface area contributed by atoms with Gasteiger partial charge in [0.1, 0.15) is 6.04 Å². The summed E-state index contributed by atoms with van der Waals surface area (Å²) < 4.78 is 0. The maximum atomic E-state index is 12.1. The van der Waals surface area contributed by atoms with Crippen molar-refractivity contribution in [2.45, 2.75) is 46.2 Å². The average molecular weight is 332 g/mol. The van der Waals surface area contributed by atoms with Gasteiger partial charge < -0.3 is 10.2 Å². The largest absolute Gasteiger partial charge is 0.327 e.